The zero-order valence-electron chi connectivity index (χ0n) is 12.0. The highest BCUT2D eigenvalue weighted by atomic mass is 16.2. The van der Waals surface area contributed by atoms with E-state index in [4.69, 9.17) is 5.11 Å². The van der Waals surface area contributed by atoms with Crippen molar-refractivity contribution < 1.29 is 9.90 Å². The summed E-state index contributed by atoms with van der Waals surface area (Å²) in [6, 6.07) is 11.1. The second kappa shape index (κ2) is 6.69. The van der Waals surface area contributed by atoms with Crippen molar-refractivity contribution in [2.24, 2.45) is 0 Å². The number of benzene rings is 1. The molecule has 0 unspecified atom stereocenters. The lowest BCUT2D eigenvalue weighted by molar-refractivity contribution is 0.0988. The molecule has 0 aliphatic heterocycles. The number of pyridine rings is 1. The molecule has 0 aliphatic carbocycles. The van der Waals surface area contributed by atoms with Crippen LogP contribution in [0.5, 0.6) is 0 Å². The van der Waals surface area contributed by atoms with E-state index >= 15 is 0 Å². The normalized spacial score (nSPS) is 9.67. The van der Waals surface area contributed by atoms with Crippen molar-refractivity contribution in [3.63, 3.8) is 0 Å². The summed E-state index contributed by atoms with van der Waals surface area (Å²) < 4.78 is 0. The number of aryl methyl sites for hydroxylation is 1. The number of aliphatic hydroxyl groups is 1. The number of aromatic nitrogens is 1. The van der Waals surface area contributed by atoms with Crippen LogP contribution in [0.15, 0.2) is 42.6 Å². The highest BCUT2D eigenvalue weighted by Crippen LogP contribution is 2.17. The Morgan fingerprint density at radius 2 is 2.14 bits per heavy atom. The van der Waals surface area contributed by atoms with Crippen molar-refractivity contribution in [3.05, 3.63) is 59.4 Å². The first-order chi connectivity index (χ1) is 10.1. The van der Waals surface area contributed by atoms with Gasteiger partial charge in [-0.1, -0.05) is 24.0 Å². The lowest BCUT2D eigenvalue weighted by Gasteiger charge is -2.18. The molecule has 21 heavy (non-hydrogen) atoms. The number of nitrogens with zero attached hydrogens (tertiary/aromatic N) is 2. The van der Waals surface area contributed by atoms with E-state index in [0.717, 1.165) is 11.3 Å². The van der Waals surface area contributed by atoms with Crippen LogP contribution in [0.3, 0.4) is 0 Å². The summed E-state index contributed by atoms with van der Waals surface area (Å²) in [5, 5.41) is 8.79. The van der Waals surface area contributed by atoms with Crippen LogP contribution in [0.4, 0.5) is 5.69 Å². The predicted molar refractivity (Wildman–Crippen MR) is 82.1 cm³/mol. The van der Waals surface area contributed by atoms with Gasteiger partial charge in [-0.25, -0.2) is 4.98 Å². The molecule has 0 spiro atoms. The van der Waals surface area contributed by atoms with Gasteiger partial charge in [0.15, 0.2) is 0 Å². The topological polar surface area (TPSA) is 53.4 Å². The molecule has 0 atom stereocenters. The molecule has 0 bridgehead atoms. The van der Waals surface area contributed by atoms with Gasteiger partial charge in [-0.15, -0.1) is 0 Å². The largest absolute Gasteiger partial charge is 0.384 e. The number of rotatable bonds is 2. The Morgan fingerprint density at radius 1 is 1.33 bits per heavy atom. The van der Waals surface area contributed by atoms with Crippen molar-refractivity contribution in [3.8, 4) is 11.8 Å². The third kappa shape index (κ3) is 3.47. The molecule has 1 aromatic heterocycles. The summed E-state index contributed by atoms with van der Waals surface area (Å²) in [6.07, 6.45) is 1.56. The molecule has 1 heterocycles. The predicted octanol–water partition coefficient (Wildman–Crippen LogP) is 2.01. The fourth-order valence-corrected chi connectivity index (χ4v) is 1.92. The van der Waals surface area contributed by atoms with E-state index in [1.165, 1.54) is 0 Å². The summed E-state index contributed by atoms with van der Waals surface area (Å²) >= 11 is 0. The van der Waals surface area contributed by atoms with E-state index in [1.54, 1.807) is 30.3 Å². The first-order valence-corrected chi connectivity index (χ1v) is 6.53. The number of carbonyl (C=O) groups is 1. The number of amides is 1. The minimum absolute atomic E-state index is 0.233. The molecule has 0 fully saturated rings. The fourth-order valence-electron chi connectivity index (χ4n) is 1.92. The summed E-state index contributed by atoms with van der Waals surface area (Å²) in [5.41, 5.74) is 2.67. The number of hydrogen-bond donors (Lipinski definition) is 1. The lowest BCUT2D eigenvalue weighted by atomic mass is 10.1. The van der Waals surface area contributed by atoms with Crippen molar-refractivity contribution in [1.82, 2.24) is 4.98 Å². The summed E-state index contributed by atoms with van der Waals surface area (Å²) in [7, 11) is 1.70. The Balaban J connectivity index is 2.36. The highest BCUT2D eigenvalue weighted by Gasteiger charge is 2.17. The molecule has 2 aromatic rings. The molecule has 4 nitrogen and oxygen atoms in total. The summed E-state index contributed by atoms with van der Waals surface area (Å²) in [5.74, 6) is 5.06. The molecular weight excluding hydrogens is 264 g/mol. The van der Waals surface area contributed by atoms with E-state index in [1.807, 2.05) is 31.2 Å². The first kappa shape index (κ1) is 14.8. The minimum atomic E-state index is -0.254. The fraction of sp³-hybridized carbons (Fsp3) is 0.176. The van der Waals surface area contributed by atoms with Gasteiger partial charge in [0.05, 0.1) is 5.56 Å². The first-order valence-electron chi connectivity index (χ1n) is 6.53. The van der Waals surface area contributed by atoms with Gasteiger partial charge < -0.3 is 10.0 Å². The minimum Gasteiger partial charge on any atom is -0.384 e. The molecular formula is C17H16N2O2. The average Bonchev–Trinajstić information content (AvgIpc) is 2.51. The number of anilines is 1. The maximum absolute atomic E-state index is 12.6. The number of hydrogen-bond acceptors (Lipinski definition) is 3. The monoisotopic (exact) mass is 280 g/mol. The van der Waals surface area contributed by atoms with E-state index in [2.05, 4.69) is 16.8 Å². The molecule has 106 valence electrons. The molecule has 0 aliphatic rings. The van der Waals surface area contributed by atoms with Crippen LogP contribution in [0.1, 0.15) is 21.6 Å². The Morgan fingerprint density at radius 3 is 2.86 bits per heavy atom. The number of aliphatic hydroxyl groups excluding tert-OH is 1. The molecule has 2 rings (SSSR count). The van der Waals surface area contributed by atoms with Gasteiger partial charge in [0.2, 0.25) is 0 Å². The van der Waals surface area contributed by atoms with E-state index in [-0.39, 0.29) is 18.2 Å². The second-order valence-electron chi connectivity index (χ2n) is 4.56. The highest BCUT2D eigenvalue weighted by molar-refractivity contribution is 6.05. The smallest absolute Gasteiger partial charge is 0.277 e. The molecule has 1 N–H and O–H groups in total. The lowest BCUT2D eigenvalue weighted by Crippen LogP contribution is -2.28. The molecule has 1 amide bonds. The van der Waals surface area contributed by atoms with Gasteiger partial charge in [0, 0.05) is 18.9 Å². The van der Waals surface area contributed by atoms with Gasteiger partial charge >= 0.3 is 0 Å². The molecule has 0 saturated carbocycles. The Labute approximate surface area is 124 Å². The van der Waals surface area contributed by atoms with Crippen LogP contribution < -0.4 is 4.90 Å². The SMILES string of the molecule is Cc1cccc(N(C)C(=O)c2ncccc2C#CCO)c1. The zero-order chi connectivity index (χ0) is 15.2. The quantitative estimate of drug-likeness (QED) is 0.856. The van der Waals surface area contributed by atoms with Crippen molar-refractivity contribution in [1.29, 1.82) is 0 Å². The molecule has 1 aromatic carbocycles. The Kier molecular flexibility index (Phi) is 4.70. The van der Waals surface area contributed by atoms with Crippen LogP contribution in [0.25, 0.3) is 0 Å². The number of carbonyl (C=O) groups excluding carboxylic acids is 1. The van der Waals surface area contributed by atoms with Gasteiger partial charge in [-0.2, -0.15) is 0 Å². The van der Waals surface area contributed by atoms with Gasteiger partial charge in [0.1, 0.15) is 12.3 Å². The van der Waals surface area contributed by atoms with Crippen LogP contribution in [-0.2, 0) is 0 Å². The molecule has 4 heteroatoms. The van der Waals surface area contributed by atoms with Gasteiger partial charge in [-0.3, -0.25) is 4.79 Å². The maximum Gasteiger partial charge on any atom is 0.277 e. The summed E-state index contributed by atoms with van der Waals surface area (Å²) in [4.78, 5) is 18.2. The van der Waals surface area contributed by atoms with Crippen molar-refractivity contribution >= 4 is 11.6 Å². The third-order valence-electron chi connectivity index (χ3n) is 3.01. The van der Waals surface area contributed by atoms with Crippen LogP contribution in [-0.4, -0.2) is 29.7 Å². The maximum atomic E-state index is 12.6. The third-order valence-corrected chi connectivity index (χ3v) is 3.01. The van der Waals surface area contributed by atoms with Crippen LogP contribution in [0, 0.1) is 18.8 Å². The van der Waals surface area contributed by atoms with E-state index in [9.17, 15) is 4.79 Å². The van der Waals surface area contributed by atoms with Crippen LogP contribution in [0.2, 0.25) is 0 Å². The van der Waals surface area contributed by atoms with Gasteiger partial charge in [0.25, 0.3) is 5.91 Å². The Hall–Kier alpha value is -2.64. The van der Waals surface area contributed by atoms with Crippen LogP contribution >= 0.6 is 0 Å². The van der Waals surface area contributed by atoms with Crippen molar-refractivity contribution in [2.45, 2.75) is 6.92 Å². The molecule has 0 saturated heterocycles. The van der Waals surface area contributed by atoms with Gasteiger partial charge in [-0.05, 0) is 36.8 Å². The average molecular weight is 280 g/mol. The Bertz CT molecular complexity index is 714. The summed E-state index contributed by atoms with van der Waals surface area (Å²) in [6.45, 7) is 1.72. The standard InChI is InChI=1S/C17H16N2O2/c1-13-6-3-9-15(12-13)19(2)17(21)16-14(8-5-11-20)7-4-10-18-16/h3-4,6-7,9-10,12,20H,11H2,1-2H3. The van der Waals surface area contributed by atoms with E-state index < -0.39 is 0 Å². The van der Waals surface area contributed by atoms with Crippen molar-refractivity contribution in [2.75, 3.05) is 18.6 Å². The second-order valence-corrected chi connectivity index (χ2v) is 4.56. The van der Waals surface area contributed by atoms with E-state index in [0.29, 0.717) is 5.56 Å². The molecule has 0 radical (unpaired) electrons. The zero-order valence-corrected chi connectivity index (χ0v) is 12.0.